The van der Waals surface area contributed by atoms with Gasteiger partial charge in [-0.25, -0.2) is 4.39 Å². The Kier molecular flexibility index (Phi) is 2.93. The van der Waals surface area contributed by atoms with Crippen LogP contribution in [0.3, 0.4) is 0 Å². The van der Waals surface area contributed by atoms with Gasteiger partial charge < -0.3 is 0 Å². The lowest BCUT2D eigenvalue weighted by atomic mass is 10.1. The fraction of sp³-hybridized carbons (Fsp3) is 0.250. The SMILES string of the molecule is CCc1c([N+](=O)[O-])cc(F)cc1[N+](=O)[O-]. The van der Waals surface area contributed by atoms with Crippen LogP contribution in [0.15, 0.2) is 12.1 Å². The fourth-order valence-electron chi connectivity index (χ4n) is 1.30. The lowest BCUT2D eigenvalue weighted by Crippen LogP contribution is -2.01. The van der Waals surface area contributed by atoms with E-state index in [1.807, 2.05) is 0 Å². The van der Waals surface area contributed by atoms with Crippen molar-refractivity contribution in [3.05, 3.63) is 43.7 Å². The topological polar surface area (TPSA) is 86.3 Å². The summed E-state index contributed by atoms with van der Waals surface area (Å²) in [7, 11) is 0. The normalized spacial score (nSPS) is 10.0. The molecule has 0 aliphatic carbocycles. The molecule has 1 aromatic rings. The van der Waals surface area contributed by atoms with Crippen LogP contribution in [0.4, 0.5) is 15.8 Å². The number of hydrogen-bond acceptors (Lipinski definition) is 4. The maximum absolute atomic E-state index is 12.9. The van der Waals surface area contributed by atoms with Crippen LogP contribution < -0.4 is 0 Å². The summed E-state index contributed by atoms with van der Waals surface area (Å²) in [6.45, 7) is 1.53. The summed E-state index contributed by atoms with van der Waals surface area (Å²) >= 11 is 0. The number of hydrogen-bond donors (Lipinski definition) is 0. The second-order valence-corrected chi connectivity index (χ2v) is 2.79. The van der Waals surface area contributed by atoms with E-state index in [1.54, 1.807) is 0 Å². The van der Waals surface area contributed by atoms with Crippen LogP contribution in [-0.2, 0) is 6.42 Å². The van der Waals surface area contributed by atoms with Crippen molar-refractivity contribution in [1.82, 2.24) is 0 Å². The highest BCUT2D eigenvalue weighted by Crippen LogP contribution is 2.29. The van der Waals surface area contributed by atoms with E-state index in [0.717, 1.165) is 0 Å². The number of nitrogens with zero attached hydrogens (tertiary/aromatic N) is 2. The van der Waals surface area contributed by atoms with Gasteiger partial charge in [0.2, 0.25) is 0 Å². The molecule has 0 aromatic heterocycles. The molecule has 0 saturated heterocycles. The van der Waals surface area contributed by atoms with E-state index in [4.69, 9.17) is 0 Å². The molecule has 1 rings (SSSR count). The molecule has 0 spiro atoms. The molecule has 7 heteroatoms. The molecule has 0 heterocycles. The van der Waals surface area contributed by atoms with E-state index in [9.17, 15) is 24.6 Å². The Morgan fingerprint density at radius 1 is 1.20 bits per heavy atom. The van der Waals surface area contributed by atoms with Gasteiger partial charge in [-0.2, -0.15) is 0 Å². The number of nitro groups is 2. The highest BCUT2D eigenvalue weighted by atomic mass is 19.1. The Hall–Kier alpha value is -2.05. The second-order valence-electron chi connectivity index (χ2n) is 2.79. The summed E-state index contributed by atoms with van der Waals surface area (Å²) in [5.74, 6) is -0.981. The molecule has 15 heavy (non-hydrogen) atoms. The summed E-state index contributed by atoms with van der Waals surface area (Å²) in [6, 6.07) is 1.37. The summed E-state index contributed by atoms with van der Waals surface area (Å²) in [6.07, 6.45) is 0.104. The molecule has 1 aromatic carbocycles. The van der Waals surface area contributed by atoms with E-state index in [0.29, 0.717) is 12.1 Å². The lowest BCUT2D eigenvalue weighted by molar-refractivity contribution is -0.395. The molecule has 0 unspecified atom stereocenters. The van der Waals surface area contributed by atoms with Gasteiger partial charge in [-0.1, -0.05) is 6.92 Å². The van der Waals surface area contributed by atoms with Crippen molar-refractivity contribution in [3.63, 3.8) is 0 Å². The molecule has 6 nitrogen and oxygen atoms in total. The molecule has 0 aliphatic heterocycles. The van der Waals surface area contributed by atoms with Crippen molar-refractivity contribution in [2.24, 2.45) is 0 Å². The van der Waals surface area contributed by atoms with Crippen LogP contribution in [0.2, 0.25) is 0 Å². The molecular formula is C8H7FN2O4. The third-order valence-electron chi connectivity index (χ3n) is 1.91. The monoisotopic (exact) mass is 214 g/mol. The molecule has 80 valence electrons. The van der Waals surface area contributed by atoms with Gasteiger partial charge >= 0.3 is 0 Å². The summed E-state index contributed by atoms with van der Waals surface area (Å²) in [4.78, 5) is 19.4. The van der Waals surface area contributed by atoms with Crippen molar-refractivity contribution < 1.29 is 14.2 Å². The Morgan fingerprint density at radius 3 is 1.87 bits per heavy atom. The van der Waals surface area contributed by atoms with Gasteiger partial charge in [0.25, 0.3) is 11.4 Å². The van der Waals surface area contributed by atoms with E-state index in [1.165, 1.54) is 6.92 Å². The smallest absolute Gasteiger partial charge is 0.258 e. The predicted molar refractivity (Wildman–Crippen MR) is 49.1 cm³/mol. The van der Waals surface area contributed by atoms with Gasteiger partial charge in [-0.3, -0.25) is 20.2 Å². The quantitative estimate of drug-likeness (QED) is 0.570. The van der Waals surface area contributed by atoms with Crippen molar-refractivity contribution in [1.29, 1.82) is 0 Å². The Labute approximate surface area is 83.6 Å². The van der Waals surface area contributed by atoms with E-state index in [-0.39, 0.29) is 12.0 Å². The molecule has 0 bridgehead atoms. The Morgan fingerprint density at radius 2 is 1.60 bits per heavy atom. The maximum atomic E-state index is 12.9. The van der Waals surface area contributed by atoms with E-state index >= 15 is 0 Å². The van der Waals surface area contributed by atoms with Gasteiger partial charge in [-0.05, 0) is 6.42 Å². The largest absolute Gasteiger partial charge is 0.282 e. The molecule has 0 N–H and O–H groups in total. The summed E-state index contributed by atoms with van der Waals surface area (Å²) < 4.78 is 12.9. The van der Waals surface area contributed by atoms with Crippen LogP contribution >= 0.6 is 0 Å². The minimum atomic E-state index is -0.981. The number of benzene rings is 1. The van der Waals surface area contributed by atoms with Crippen LogP contribution in [-0.4, -0.2) is 9.85 Å². The van der Waals surface area contributed by atoms with Crippen molar-refractivity contribution >= 4 is 11.4 Å². The van der Waals surface area contributed by atoms with Gasteiger partial charge in [-0.15, -0.1) is 0 Å². The minimum Gasteiger partial charge on any atom is -0.258 e. The Balaban J connectivity index is 3.52. The zero-order chi connectivity index (χ0) is 11.6. The maximum Gasteiger partial charge on any atom is 0.282 e. The van der Waals surface area contributed by atoms with Crippen molar-refractivity contribution in [2.75, 3.05) is 0 Å². The lowest BCUT2D eigenvalue weighted by Gasteiger charge is -2.01. The number of nitro benzene ring substituents is 2. The van der Waals surface area contributed by atoms with E-state index in [2.05, 4.69) is 0 Å². The van der Waals surface area contributed by atoms with E-state index < -0.39 is 27.0 Å². The molecule has 0 fully saturated rings. The fourth-order valence-corrected chi connectivity index (χ4v) is 1.30. The third-order valence-corrected chi connectivity index (χ3v) is 1.91. The average Bonchev–Trinajstić information content (AvgIpc) is 2.16. The van der Waals surface area contributed by atoms with Crippen LogP contribution in [0.25, 0.3) is 0 Å². The van der Waals surface area contributed by atoms with Crippen LogP contribution in [0, 0.1) is 26.0 Å². The number of halogens is 1. The van der Waals surface area contributed by atoms with Crippen LogP contribution in [0.5, 0.6) is 0 Å². The summed E-state index contributed by atoms with van der Waals surface area (Å²) in [5.41, 5.74) is -1.17. The van der Waals surface area contributed by atoms with Crippen molar-refractivity contribution in [2.45, 2.75) is 13.3 Å². The number of rotatable bonds is 3. The molecule has 0 aliphatic rings. The third kappa shape index (κ3) is 2.06. The first-order valence-corrected chi connectivity index (χ1v) is 4.08. The molecule has 0 atom stereocenters. The van der Waals surface area contributed by atoms with Gasteiger partial charge in [0.05, 0.1) is 22.0 Å². The van der Waals surface area contributed by atoms with Crippen molar-refractivity contribution in [3.8, 4) is 0 Å². The standard InChI is InChI=1S/C8H7FN2O4/c1-2-6-7(10(12)13)3-5(9)4-8(6)11(14)15/h3-4H,2H2,1H3. The molecular weight excluding hydrogens is 207 g/mol. The molecule has 0 radical (unpaired) electrons. The van der Waals surface area contributed by atoms with Crippen LogP contribution in [0.1, 0.15) is 12.5 Å². The highest BCUT2D eigenvalue weighted by molar-refractivity contribution is 5.53. The van der Waals surface area contributed by atoms with Gasteiger partial charge in [0, 0.05) is 0 Å². The average molecular weight is 214 g/mol. The zero-order valence-electron chi connectivity index (χ0n) is 7.77. The molecule has 0 saturated carbocycles. The van der Waals surface area contributed by atoms with Gasteiger partial charge in [0.1, 0.15) is 11.4 Å². The highest BCUT2D eigenvalue weighted by Gasteiger charge is 2.25. The first kappa shape index (κ1) is 11.0. The summed E-state index contributed by atoms with van der Waals surface area (Å²) in [5, 5.41) is 21.0. The molecule has 0 amide bonds. The van der Waals surface area contributed by atoms with Gasteiger partial charge in [0.15, 0.2) is 0 Å². The first-order chi connectivity index (χ1) is 6.97. The Bertz CT molecular complexity index is 398. The predicted octanol–water partition coefficient (Wildman–Crippen LogP) is 2.20. The zero-order valence-corrected chi connectivity index (χ0v) is 7.77. The minimum absolute atomic E-state index is 0.0635. The second kappa shape index (κ2) is 3.99. The first-order valence-electron chi connectivity index (χ1n) is 4.08.